The van der Waals surface area contributed by atoms with Crippen molar-refractivity contribution in [2.24, 2.45) is 0 Å². The Bertz CT molecular complexity index is 650. The third-order valence-electron chi connectivity index (χ3n) is 4.26. The molecule has 0 spiro atoms. The van der Waals surface area contributed by atoms with E-state index in [2.05, 4.69) is 35.6 Å². The zero-order chi connectivity index (χ0) is 15.4. The third kappa shape index (κ3) is 3.64. The van der Waals surface area contributed by atoms with E-state index in [0.29, 0.717) is 6.54 Å². The van der Waals surface area contributed by atoms with Gasteiger partial charge in [0.15, 0.2) is 6.54 Å². The van der Waals surface area contributed by atoms with Gasteiger partial charge in [-0.15, -0.1) is 0 Å². The van der Waals surface area contributed by atoms with E-state index in [4.69, 9.17) is 4.74 Å². The quantitative estimate of drug-likeness (QED) is 0.882. The van der Waals surface area contributed by atoms with Crippen LogP contribution in [-0.4, -0.2) is 38.8 Å². The smallest absolute Gasteiger partial charge is 0.275 e. The van der Waals surface area contributed by atoms with Crippen molar-refractivity contribution < 1.29 is 14.4 Å². The van der Waals surface area contributed by atoms with Crippen LogP contribution in [0.15, 0.2) is 42.5 Å². The van der Waals surface area contributed by atoms with Crippen LogP contribution >= 0.6 is 0 Å². The Morgan fingerprint density at radius 2 is 1.91 bits per heavy atom. The normalized spacial score (nSPS) is 17.3. The van der Waals surface area contributed by atoms with Gasteiger partial charge in [-0.1, -0.05) is 36.4 Å². The minimum Gasteiger partial charge on any atom is -0.370 e. The molecule has 2 aromatic rings. The molecule has 0 aliphatic carbocycles. The molecule has 1 aliphatic rings. The Morgan fingerprint density at radius 3 is 2.68 bits per heavy atom. The summed E-state index contributed by atoms with van der Waals surface area (Å²) in [4.78, 5) is 13.5. The molecule has 4 nitrogen and oxygen atoms in total. The Labute approximate surface area is 131 Å². The second-order valence-electron chi connectivity index (χ2n) is 5.93. The Morgan fingerprint density at radius 1 is 1.18 bits per heavy atom. The molecule has 116 valence electrons. The molecule has 2 aromatic carbocycles. The van der Waals surface area contributed by atoms with Crippen molar-refractivity contribution in [3.63, 3.8) is 0 Å². The lowest BCUT2D eigenvalue weighted by atomic mass is 10.0. The van der Waals surface area contributed by atoms with E-state index < -0.39 is 0 Å². The van der Waals surface area contributed by atoms with Crippen LogP contribution < -0.4 is 10.2 Å². The largest absolute Gasteiger partial charge is 0.370 e. The molecule has 0 unspecified atom stereocenters. The van der Waals surface area contributed by atoms with E-state index >= 15 is 0 Å². The van der Waals surface area contributed by atoms with Gasteiger partial charge in [0.1, 0.15) is 13.1 Å². The fourth-order valence-electron chi connectivity index (χ4n) is 2.92. The first-order valence-corrected chi connectivity index (χ1v) is 7.92. The fraction of sp³-hybridized carbons (Fsp3) is 0.389. The maximum atomic E-state index is 12.2. The van der Waals surface area contributed by atoms with Crippen LogP contribution in [0.1, 0.15) is 18.5 Å². The topological polar surface area (TPSA) is 42.8 Å². The Hall–Kier alpha value is -1.91. The minimum absolute atomic E-state index is 0.0255. The van der Waals surface area contributed by atoms with Crippen LogP contribution in [0.3, 0.4) is 0 Å². The summed E-state index contributed by atoms with van der Waals surface area (Å²) in [6.45, 7) is 5.90. The van der Waals surface area contributed by atoms with Gasteiger partial charge in [-0.25, -0.2) is 0 Å². The highest BCUT2D eigenvalue weighted by molar-refractivity contribution is 5.83. The Balaban J connectivity index is 1.62. The van der Waals surface area contributed by atoms with E-state index in [1.807, 2.05) is 19.1 Å². The van der Waals surface area contributed by atoms with Crippen LogP contribution in [0.5, 0.6) is 0 Å². The first-order chi connectivity index (χ1) is 10.7. The maximum absolute atomic E-state index is 12.2. The molecule has 0 aromatic heterocycles. The molecule has 22 heavy (non-hydrogen) atoms. The first-order valence-electron chi connectivity index (χ1n) is 7.92. The molecule has 1 aliphatic heterocycles. The number of fused-ring (bicyclic) bond motifs is 1. The summed E-state index contributed by atoms with van der Waals surface area (Å²) in [7, 11) is 0. The monoisotopic (exact) mass is 299 g/mol. The van der Waals surface area contributed by atoms with E-state index in [9.17, 15) is 4.79 Å². The van der Waals surface area contributed by atoms with E-state index in [1.165, 1.54) is 15.7 Å². The fourth-order valence-corrected chi connectivity index (χ4v) is 2.92. The summed E-state index contributed by atoms with van der Waals surface area (Å²) in [5.74, 6) is 0.109. The van der Waals surface area contributed by atoms with Gasteiger partial charge in [0, 0.05) is 0 Å². The van der Waals surface area contributed by atoms with Crippen molar-refractivity contribution in [3.8, 4) is 0 Å². The highest BCUT2D eigenvalue weighted by Gasteiger charge is 2.19. The van der Waals surface area contributed by atoms with E-state index in [0.717, 1.165) is 31.9 Å². The van der Waals surface area contributed by atoms with Crippen molar-refractivity contribution >= 4 is 16.7 Å². The number of carbonyl (C=O) groups is 1. The van der Waals surface area contributed by atoms with Crippen molar-refractivity contribution in [1.82, 2.24) is 5.32 Å². The van der Waals surface area contributed by atoms with Gasteiger partial charge in [0.05, 0.1) is 19.3 Å². The van der Waals surface area contributed by atoms with Crippen molar-refractivity contribution in [1.29, 1.82) is 0 Å². The predicted molar refractivity (Wildman–Crippen MR) is 86.9 cm³/mol. The van der Waals surface area contributed by atoms with Crippen molar-refractivity contribution in [3.05, 3.63) is 48.0 Å². The molecule has 1 amide bonds. The standard InChI is InChI=1S/C18H22N2O2/c1-14(19-18(21)13-20-8-10-22-11-9-20)16-7-6-15-4-2-3-5-17(15)12-16/h2-7,12,14H,8-11,13H2,1H3,(H,19,21)/p+1/t14-/m0/s1. The van der Waals surface area contributed by atoms with Crippen LogP contribution in [0.2, 0.25) is 0 Å². The zero-order valence-electron chi connectivity index (χ0n) is 13.0. The molecule has 2 N–H and O–H groups in total. The lowest BCUT2D eigenvalue weighted by Gasteiger charge is -2.24. The summed E-state index contributed by atoms with van der Waals surface area (Å²) in [5, 5.41) is 5.54. The molecule has 1 heterocycles. The SMILES string of the molecule is C[C@H](NC(=O)C[NH+]1CCOCC1)c1ccc2ccccc2c1. The average Bonchev–Trinajstić information content (AvgIpc) is 2.55. The van der Waals surface area contributed by atoms with Gasteiger partial charge in [0.2, 0.25) is 0 Å². The average molecular weight is 299 g/mol. The van der Waals surface area contributed by atoms with Gasteiger partial charge >= 0.3 is 0 Å². The van der Waals surface area contributed by atoms with Crippen LogP contribution in [0.4, 0.5) is 0 Å². The van der Waals surface area contributed by atoms with Crippen LogP contribution in [0, 0.1) is 0 Å². The molecule has 0 saturated carbocycles. The molecule has 1 saturated heterocycles. The molecule has 1 atom stereocenters. The molecule has 3 rings (SSSR count). The number of ether oxygens (including phenoxy) is 1. The molecular weight excluding hydrogens is 276 g/mol. The molecular formula is C18H23N2O2+. The third-order valence-corrected chi connectivity index (χ3v) is 4.26. The molecule has 0 radical (unpaired) electrons. The summed E-state index contributed by atoms with van der Waals surface area (Å²) in [6, 6.07) is 14.7. The number of nitrogens with one attached hydrogen (secondary N) is 2. The molecule has 1 fully saturated rings. The predicted octanol–water partition coefficient (Wildman–Crippen LogP) is 0.932. The number of benzene rings is 2. The highest BCUT2D eigenvalue weighted by atomic mass is 16.5. The number of carbonyl (C=O) groups excluding carboxylic acids is 1. The molecule has 4 heteroatoms. The lowest BCUT2D eigenvalue weighted by Crippen LogP contribution is -3.15. The number of quaternary nitrogens is 1. The van der Waals surface area contributed by atoms with Crippen LogP contribution in [-0.2, 0) is 9.53 Å². The van der Waals surface area contributed by atoms with E-state index in [-0.39, 0.29) is 11.9 Å². The number of hydrogen-bond acceptors (Lipinski definition) is 2. The Kier molecular flexibility index (Phi) is 4.71. The van der Waals surface area contributed by atoms with Crippen molar-refractivity contribution in [2.45, 2.75) is 13.0 Å². The molecule has 0 bridgehead atoms. The van der Waals surface area contributed by atoms with Gasteiger partial charge in [-0.05, 0) is 29.3 Å². The highest BCUT2D eigenvalue weighted by Crippen LogP contribution is 2.20. The first kappa shape index (κ1) is 15.0. The zero-order valence-corrected chi connectivity index (χ0v) is 13.0. The number of amides is 1. The van der Waals surface area contributed by atoms with Gasteiger partial charge < -0.3 is 15.0 Å². The number of hydrogen-bond donors (Lipinski definition) is 2. The summed E-state index contributed by atoms with van der Waals surface area (Å²) < 4.78 is 5.32. The van der Waals surface area contributed by atoms with Gasteiger partial charge in [0.25, 0.3) is 5.91 Å². The van der Waals surface area contributed by atoms with Gasteiger partial charge in [-0.2, -0.15) is 0 Å². The minimum atomic E-state index is 0.0255. The van der Waals surface area contributed by atoms with Crippen molar-refractivity contribution in [2.75, 3.05) is 32.8 Å². The second-order valence-corrected chi connectivity index (χ2v) is 5.93. The van der Waals surface area contributed by atoms with Gasteiger partial charge in [-0.3, -0.25) is 4.79 Å². The van der Waals surface area contributed by atoms with E-state index in [1.54, 1.807) is 0 Å². The summed E-state index contributed by atoms with van der Waals surface area (Å²) >= 11 is 0. The lowest BCUT2D eigenvalue weighted by molar-refractivity contribution is -0.900. The second kappa shape index (κ2) is 6.90. The summed E-state index contributed by atoms with van der Waals surface area (Å²) in [5.41, 5.74) is 1.14. The number of rotatable bonds is 4. The van der Waals surface area contributed by atoms with Crippen LogP contribution in [0.25, 0.3) is 10.8 Å². The number of morpholine rings is 1. The summed E-state index contributed by atoms with van der Waals surface area (Å²) in [6.07, 6.45) is 0. The maximum Gasteiger partial charge on any atom is 0.275 e.